The van der Waals surface area contributed by atoms with E-state index < -0.39 is 10.0 Å². The van der Waals surface area contributed by atoms with Crippen molar-refractivity contribution in [3.05, 3.63) is 41.5 Å². The first kappa shape index (κ1) is 21.2. The van der Waals surface area contributed by atoms with Crippen LogP contribution in [-0.2, 0) is 10.0 Å². The molecule has 0 heterocycles. The minimum absolute atomic E-state index is 0.123. The quantitative estimate of drug-likeness (QED) is 0.674. The number of sulfonamides is 1. The monoisotopic (exact) mass is 442 g/mol. The van der Waals surface area contributed by atoms with Crippen molar-refractivity contribution in [2.75, 3.05) is 0 Å². The van der Waals surface area contributed by atoms with Gasteiger partial charge in [-0.3, -0.25) is 0 Å². The van der Waals surface area contributed by atoms with Crippen molar-refractivity contribution in [3.8, 4) is 0 Å². The van der Waals surface area contributed by atoms with Gasteiger partial charge in [-0.25, -0.2) is 0 Å². The molecule has 6 unspecified atom stereocenters. The molecule has 3 fully saturated rings. The molecule has 1 aromatic rings. The summed E-state index contributed by atoms with van der Waals surface area (Å²) in [6.07, 6.45) is 10.7. The third kappa shape index (κ3) is 3.66. The van der Waals surface area contributed by atoms with Gasteiger partial charge in [0, 0.05) is 0 Å². The van der Waals surface area contributed by atoms with Crippen molar-refractivity contribution < 1.29 is 13.5 Å². The predicted octanol–water partition coefficient (Wildman–Crippen LogP) is 4.56. The lowest BCUT2D eigenvalue weighted by Crippen LogP contribution is -2.47. The molecule has 0 spiro atoms. The maximum atomic E-state index is 12.6. The summed E-state index contributed by atoms with van der Waals surface area (Å²) in [5, 5.41) is 14.9. The summed E-state index contributed by atoms with van der Waals surface area (Å²) in [5.74, 6) is 2.72. The molecule has 0 saturated heterocycles. The summed E-state index contributed by atoms with van der Waals surface area (Å²) >= 11 is 0. The van der Waals surface area contributed by atoms with Crippen LogP contribution < -0.4 is 4.83 Å². The Morgan fingerprint density at radius 2 is 1.81 bits per heavy atom. The number of allylic oxidation sites excluding steroid dienone is 2. The van der Waals surface area contributed by atoms with Crippen molar-refractivity contribution in [2.24, 2.45) is 34.2 Å². The van der Waals surface area contributed by atoms with Gasteiger partial charge in [0.15, 0.2) is 0 Å². The Kier molecular flexibility index (Phi) is 5.29. The lowest BCUT2D eigenvalue weighted by molar-refractivity contribution is -0.0525. The number of nitrogens with zero attached hydrogens (tertiary/aromatic N) is 1. The highest BCUT2D eigenvalue weighted by atomic mass is 32.2. The molecule has 0 amide bonds. The summed E-state index contributed by atoms with van der Waals surface area (Å²) in [6, 6.07) is 6.83. The van der Waals surface area contributed by atoms with Crippen LogP contribution in [0, 0.1) is 36.0 Å². The summed E-state index contributed by atoms with van der Waals surface area (Å²) in [5.41, 5.74) is 3.46. The van der Waals surface area contributed by atoms with E-state index in [0.717, 1.165) is 49.3 Å². The molecule has 0 aliphatic heterocycles. The zero-order valence-electron chi connectivity index (χ0n) is 18.5. The van der Waals surface area contributed by atoms with E-state index in [1.807, 2.05) is 6.92 Å². The molecule has 3 saturated carbocycles. The number of nitrogens with one attached hydrogen (secondary N) is 1. The van der Waals surface area contributed by atoms with Crippen LogP contribution in [0.4, 0.5) is 0 Å². The maximum Gasteiger partial charge on any atom is 0.276 e. The Bertz CT molecular complexity index is 1010. The van der Waals surface area contributed by atoms with E-state index in [4.69, 9.17) is 0 Å². The van der Waals surface area contributed by atoms with Gasteiger partial charge in [-0.2, -0.15) is 18.4 Å². The largest absolute Gasteiger partial charge is 0.393 e. The second-order valence-corrected chi connectivity index (χ2v) is 12.1. The predicted molar refractivity (Wildman–Crippen MR) is 122 cm³/mol. The van der Waals surface area contributed by atoms with Gasteiger partial charge in [0.05, 0.1) is 16.7 Å². The van der Waals surface area contributed by atoms with Gasteiger partial charge < -0.3 is 5.11 Å². The van der Waals surface area contributed by atoms with Crippen molar-refractivity contribution in [1.82, 2.24) is 4.83 Å². The second kappa shape index (κ2) is 7.73. The Balaban J connectivity index is 1.31. The van der Waals surface area contributed by atoms with Gasteiger partial charge in [-0.1, -0.05) is 30.2 Å². The van der Waals surface area contributed by atoms with Crippen LogP contribution >= 0.6 is 0 Å². The standard InChI is InChI=1S/C25H34N2O3S/c1-16-3-7-19(8-4-16)31(29,30)27-26-18-6-10-20-17(15-18)5-9-22-21(20)13-14-25(2)23(22)11-12-24(25)28/h3-4,7-8,15,20-24,27-28H,5-6,9-14H2,1-2H3/b26-18-. The van der Waals surface area contributed by atoms with Gasteiger partial charge in [0.2, 0.25) is 0 Å². The highest BCUT2D eigenvalue weighted by molar-refractivity contribution is 7.89. The number of hydrazone groups is 1. The second-order valence-electron chi connectivity index (χ2n) is 10.5. The number of benzene rings is 1. The number of fused-ring (bicyclic) bond motifs is 5. The highest BCUT2D eigenvalue weighted by Crippen LogP contribution is 2.61. The maximum absolute atomic E-state index is 12.6. The molecule has 1 aromatic carbocycles. The summed E-state index contributed by atoms with van der Waals surface area (Å²) in [4.78, 5) is 2.69. The van der Waals surface area contributed by atoms with Crippen molar-refractivity contribution in [1.29, 1.82) is 0 Å². The number of hydrogen-bond acceptors (Lipinski definition) is 4. The van der Waals surface area contributed by atoms with Gasteiger partial charge in [-0.15, -0.1) is 0 Å². The van der Waals surface area contributed by atoms with Crippen molar-refractivity contribution >= 4 is 15.7 Å². The molecular weight excluding hydrogens is 408 g/mol. The van der Waals surface area contributed by atoms with E-state index >= 15 is 0 Å². The lowest BCUT2D eigenvalue weighted by atomic mass is 9.52. The van der Waals surface area contributed by atoms with E-state index in [0.29, 0.717) is 17.8 Å². The van der Waals surface area contributed by atoms with Crippen molar-refractivity contribution in [2.45, 2.75) is 76.2 Å². The molecule has 0 aromatic heterocycles. The van der Waals surface area contributed by atoms with Gasteiger partial charge in [-0.05, 0) is 106 Å². The van der Waals surface area contributed by atoms with Crippen LogP contribution in [-0.4, -0.2) is 25.3 Å². The van der Waals surface area contributed by atoms with Crippen LogP contribution in [0.2, 0.25) is 0 Å². The molecule has 5 rings (SSSR count). The molecule has 2 N–H and O–H groups in total. The molecule has 6 heteroatoms. The van der Waals surface area contributed by atoms with E-state index in [-0.39, 0.29) is 16.4 Å². The van der Waals surface area contributed by atoms with E-state index in [2.05, 4.69) is 22.9 Å². The first-order valence-corrected chi connectivity index (χ1v) is 13.3. The van der Waals surface area contributed by atoms with E-state index in [1.54, 1.807) is 24.3 Å². The van der Waals surface area contributed by atoms with Crippen LogP contribution in [0.15, 0.2) is 45.9 Å². The number of aliphatic hydroxyl groups excluding tert-OH is 1. The Hall–Kier alpha value is -1.66. The summed E-state index contributed by atoms with van der Waals surface area (Å²) in [7, 11) is -3.64. The lowest BCUT2D eigenvalue weighted by Gasteiger charge is -2.53. The zero-order chi connectivity index (χ0) is 21.8. The molecule has 168 valence electrons. The molecule has 4 aliphatic rings. The van der Waals surface area contributed by atoms with Crippen LogP contribution in [0.25, 0.3) is 0 Å². The third-order valence-electron chi connectivity index (χ3n) is 8.91. The van der Waals surface area contributed by atoms with Crippen molar-refractivity contribution in [3.63, 3.8) is 0 Å². The molecule has 4 aliphatic carbocycles. The smallest absolute Gasteiger partial charge is 0.276 e. The average molecular weight is 443 g/mol. The Morgan fingerprint density at radius 1 is 1.03 bits per heavy atom. The Morgan fingerprint density at radius 3 is 2.58 bits per heavy atom. The molecule has 0 bridgehead atoms. The first-order chi connectivity index (χ1) is 14.8. The number of hydrogen-bond donors (Lipinski definition) is 2. The fourth-order valence-corrected chi connectivity index (χ4v) is 7.98. The molecule has 5 nitrogen and oxygen atoms in total. The molecule has 6 atom stereocenters. The average Bonchev–Trinajstić information content (AvgIpc) is 3.07. The van der Waals surface area contributed by atoms with Gasteiger partial charge >= 0.3 is 0 Å². The first-order valence-electron chi connectivity index (χ1n) is 11.8. The molecule has 31 heavy (non-hydrogen) atoms. The van der Waals surface area contributed by atoms with E-state index in [1.165, 1.54) is 24.8 Å². The number of rotatable bonds is 3. The minimum Gasteiger partial charge on any atom is -0.393 e. The Labute approximate surface area is 186 Å². The van der Waals surface area contributed by atoms with Crippen LogP contribution in [0.1, 0.15) is 63.9 Å². The number of aliphatic hydroxyl groups is 1. The zero-order valence-corrected chi connectivity index (χ0v) is 19.4. The fourth-order valence-electron chi connectivity index (χ4n) is 7.14. The number of aryl methyl sites for hydroxylation is 1. The third-order valence-corrected chi connectivity index (χ3v) is 10.1. The summed E-state index contributed by atoms with van der Waals surface area (Å²) < 4.78 is 25.1. The van der Waals surface area contributed by atoms with E-state index in [9.17, 15) is 13.5 Å². The van der Waals surface area contributed by atoms with Crippen LogP contribution in [0.5, 0.6) is 0 Å². The SMILES string of the molecule is Cc1ccc(S(=O)(=O)N/N=C2\C=C3CCC4C(CCC5(C)C(O)CCC45)C3CC2)cc1. The van der Waals surface area contributed by atoms with Gasteiger partial charge in [0.1, 0.15) is 0 Å². The topological polar surface area (TPSA) is 78.8 Å². The fraction of sp³-hybridized carbons (Fsp3) is 0.640. The summed E-state index contributed by atoms with van der Waals surface area (Å²) in [6.45, 7) is 4.26. The molecule has 0 radical (unpaired) electrons. The highest BCUT2D eigenvalue weighted by Gasteiger charge is 2.55. The van der Waals surface area contributed by atoms with Gasteiger partial charge in [0.25, 0.3) is 10.0 Å². The van der Waals surface area contributed by atoms with Crippen LogP contribution in [0.3, 0.4) is 0 Å². The molecular formula is C25H34N2O3S. The minimum atomic E-state index is -3.64. The normalized spacial score (nSPS) is 38.7.